The zero-order chi connectivity index (χ0) is 15.4. The Balaban J connectivity index is 2.99. The minimum atomic E-state index is -3.34. The second-order valence-electron chi connectivity index (χ2n) is 5.14. The van der Waals surface area contributed by atoms with Crippen molar-refractivity contribution in [2.24, 2.45) is 0 Å². The average molecular weight is 299 g/mol. The molecule has 1 rings (SSSR count). The molecule has 0 aliphatic rings. The van der Waals surface area contributed by atoms with E-state index in [1.807, 2.05) is 13.8 Å². The fourth-order valence-corrected chi connectivity index (χ4v) is 2.46. The Morgan fingerprint density at radius 1 is 1.40 bits per heavy atom. The summed E-state index contributed by atoms with van der Waals surface area (Å²) in [5.41, 5.74) is -0.210. The predicted octanol–water partition coefficient (Wildman–Crippen LogP) is 1.37. The molecule has 0 bridgehead atoms. The van der Waals surface area contributed by atoms with Gasteiger partial charge in [0.05, 0.1) is 4.90 Å². The van der Waals surface area contributed by atoms with E-state index in [2.05, 4.69) is 5.32 Å². The van der Waals surface area contributed by atoms with Crippen molar-refractivity contribution in [3.05, 3.63) is 29.8 Å². The lowest BCUT2D eigenvalue weighted by molar-refractivity contribution is 0.0886. The number of carbonyl (C=O) groups excluding carboxylic acids is 1. The van der Waals surface area contributed by atoms with Crippen LogP contribution in [-0.2, 0) is 9.84 Å². The maximum atomic E-state index is 12.2. The molecule has 0 saturated carbocycles. The Bertz CT molecular complexity index is 583. The lowest BCUT2D eigenvalue weighted by Gasteiger charge is -2.29. The highest BCUT2D eigenvalue weighted by Crippen LogP contribution is 2.16. The molecule has 0 spiro atoms. The lowest BCUT2D eigenvalue weighted by atomic mass is 9.94. The number of benzene rings is 1. The molecule has 1 aromatic rings. The van der Waals surface area contributed by atoms with Crippen molar-refractivity contribution in [1.29, 1.82) is 0 Å². The highest BCUT2D eigenvalue weighted by molar-refractivity contribution is 7.90. The Morgan fingerprint density at radius 2 is 2.05 bits per heavy atom. The number of hydrogen-bond acceptors (Lipinski definition) is 4. The molecule has 0 aliphatic heterocycles. The van der Waals surface area contributed by atoms with E-state index in [1.54, 1.807) is 12.1 Å². The van der Waals surface area contributed by atoms with Gasteiger partial charge in [0.2, 0.25) is 0 Å². The summed E-state index contributed by atoms with van der Waals surface area (Å²) in [4.78, 5) is 12.3. The fourth-order valence-electron chi connectivity index (χ4n) is 1.79. The van der Waals surface area contributed by atoms with Crippen LogP contribution in [0.1, 0.15) is 37.0 Å². The Hall–Kier alpha value is -1.40. The predicted molar refractivity (Wildman–Crippen MR) is 77.4 cm³/mol. The summed E-state index contributed by atoms with van der Waals surface area (Å²) in [6, 6.07) is 5.93. The van der Waals surface area contributed by atoms with Crippen molar-refractivity contribution >= 4 is 15.7 Å². The summed E-state index contributed by atoms with van der Waals surface area (Å²) in [6.07, 6.45) is 2.22. The average Bonchev–Trinajstić information content (AvgIpc) is 2.38. The van der Waals surface area contributed by atoms with Crippen LogP contribution in [0.3, 0.4) is 0 Å². The van der Waals surface area contributed by atoms with E-state index < -0.39 is 15.4 Å². The first-order valence-electron chi connectivity index (χ1n) is 6.45. The number of rotatable bonds is 6. The number of aliphatic hydroxyl groups is 1. The van der Waals surface area contributed by atoms with E-state index in [4.69, 9.17) is 5.11 Å². The molecule has 0 heterocycles. The van der Waals surface area contributed by atoms with Crippen molar-refractivity contribution in [3.63, 3.8) is 0 Å². The molecule has 20 heavy (non-hydrogen) atoms. The molecular formula is C14H21NO4S. The van der Waals surface area contributed by atoms with Gasteiger partial charge in [0, 0.05) is 24.0 Å². The molecule has 0 aromatic heterocycles. The topological polar surface area (TPSA) is 83.5 Å². The van der Waals surface area contributed by atoms with E-state index in [9.17, 15) is 13.2 Å². The van der Waals surface area contributed by atoms with E-state index >= 15 is 0 Å². The van der Waals surface area contributed by atoms with Crippen LogP contribution in [0.25, 0.3) is 0 Å². The second kappa shape index (κ2) is 6.37. The second-order valence-corrected chi connectivity index (χ2v) is 7.16. The van der Waals surface area contributed by atoms with Gasteiger partial charge in [0.15, 0.2) is 9.84 Å². The quantitative estimate of drug-likeness (QED) is 0.831. The number of amides is 1. The van der Waals surface area contributed by atoms with Crippen LogP contribution in [0, 0.1) is 0 Å². The van der Waals surface area contributed by atoms with Crippen LogP contribution >= 0.6 is 0 Å². The summed E-state index contributed by atoms with van der Waals surface area (Å²) in [6.45, 7) is 3.75. The van der Waals surface area contributed by atoms with Crippen LogP contribution in [0.2, 0.25) is 0 Å². The summed E-state index contributed by atoms with van der Waals surface area (Å²) in [5.74, 6) is -0.340. The first-order valence-corrected chi connectivity index (χ1v) is 8.34. The van der Waals surface area contributed by atoms with Gasteiger partial charge in [-0.1, -0.05) is 13.0 Å². The maximum Gasteiger partial charge on any atom is 0.251 e. The maximum absolute atomic E-state index is 12.2. The zero-order valence-electron chi connectivity index (χ0n) is 12.0. The lowest BCUT2D eigenvalue weighted by Crippen LogP contribution is -2.46. The van der Waals surface area contributed by atoms with Crippen LogP contribution in [0.5, 0.6) is 0 Å². The van der Waals surface area contributed by atoms with Gasteiger partial charge in [0.25, 0.3) is 5.91 Å². The Kier molecular flexibility index (Phi) is 5.30. The van der Waals surface area contributed by atoms with Gasteiger partial charge in [-0.05, 0) is 38.0 Å². The summed E-state index contributed by atoms with van der Waals surface area (Å²) >= 11 is 0. The summed E-state index contributed by atoms with van der Waals surface area (Å²) in [5, 5.41) is 11.9. The zero-order valence-corrected chi connectivity index (χ0v) is 12.8. The van der Waals surface area contributed by atoms with Gasteiger partial charge < -0.3 is 10.4 Å². The van der Waals surface area contributed by atoms with Crippen molar-refractivity contribution < 1.29 is 18.3 Å². The largest absolute Gasteiger partial charge is 0.396 e. The monoisotopic (exact) mass is 299 g/mol. The summed E-state index contributed by atoms with van der Waals surface area (Å²) < 4.78 is 23.0. The normalized spacial score (nSPS) is 14.6. The van der Waals surface area contributed by atoms with Crippen LogP contribution in [0.4, 0.5) is 0 Å². The van der Waals surface area contributed by atoms with Crippen LogP contribution in [-0.4, -0.2) is 37.8 Å². The van der Waals surface area contributed by atoms with Gasteiger partial charge in [-0.15, -0.1) is 0 Å². The van der Waals surface area contributed by atoms with Gasteiger partial charge in [-0.3, -0.25) is 4.79 Å². The molecule has 0 saturated heterocycles. The first-order chi connectivity index (χ1) is 9.22. The van der Waals surface area contributed by atoms with E-state index in [-0.39, 0.29) is 17.4 Å². The molecule has 1 unspecified atom stereocenters. The number of sulfone groups is 1. The number of aliphatic hydroxyl groups excluding tert-OH is 1. The molecule has 2 N–H and O–H groups in total. The standard InChI is InChI=1S/C14H21NO4S/c1-4-14(2,8-9-16)15-13(17)11-6-5-7-12(10-11)20(3,18)19/h5-7,10,16H,4,8-9H2,1-3H3,(H,15,17). The highest BCUT2D eigenvalue weighted by Gasteiger charge is 2.24. The van der Waals surface area contributed by atoms with Gasteiger partial charge in [-0.2, -0.15) is 0 Å². The molecule has 6 heteroatoms. The van der Waals surface area contributed by atoms with Crippen molar-refractivity contribution in [2.75, 3.05) is 12.9 Å². The minimum absolute atomic E-state index is 0.0198. The third kappa shape index (κ3) is 4.31. The molecule has 1 amide bonds. The number of hydrogen-bond donors (Lipinski definition) is 2. The van der Waals surface area contributed by atoms with Crippen LogP contribution in [0.15, 0.2) is 29.2 Å². The van der Waals surface area contributed by atoms with Gasteiger partial charge >= 0.3 is 0 Å². The molecular weight excluding hydrogens is 278 g/mol. The third-order valence-corrected chi connectivity index (χ3v) is 4.49. The van der Waals surface area contributed by atoms with Crippen molar-refractivity contribution in [3.8, 4) is 0 Å². The smallest absolute Gasteiger partial charge is 0.251 e. The highest BCUT2D eigenvalue weighted by atomic mass is 32.2. The van der Waals surface area contributed by atoms with Crippen molar-refractivity contribution in [1.82, 2.24) is 5.32 Å². The first kappa shape index (κ1) is 16.7. The SMILES string of the molecule is CCC(C)(CCO)NC(=O)c1cccc(S(C)(=O)=O)c1. The van der Waals surface area contributed by atoms with Crippen LogP contribution < -0.4 is 5.32 Å². The fraction of sp³-hybridized carbons (Fsp3) is 0.500. The van der Waals surface area contributed by atoms with Gasteiger partial charge in [-0.25, -0.2) is 8.42 Å². The number of carbonyl (C=O) groups is 1. The molecule has 0 radical (unpaired) electrons. The molecule has 5 nitrogen and oxygen atoms in total. The molecule has 112 valence electrons. The van der Waals surface area contributed by atoms with E-state index in [0.29, 0.717) is 18.4 Å². The summed E-state index contributed by atoms with van der Waals surface area (Å²) in [7, 11) is -3.34. The van der Waals surface area contributed by atoms with Crippen molar-refractivity contribution in [2.45, 2.75) is 37.1 Å². The Morgan fingerprint density at radius 3 is 2.55 bits per heavy atom. The molecule has 0 fully saturated rings. The molecule has 0 aliphatic carbocycles. The van der Waals surface area contributed by atoms with E-state index in [1.165, 1.54) is 12.1 Å². The minimum Gasteiger partial charge on any atom is -0.396 e. The van der Waals surface area contributed by atoms with E-state index in [0.717, 1.165) is 6.26 Å². The molecule has 1 atom stereocenters. The molecule has 1 aromatic carbocycles. The number of nitrogens with one attached hydrogen (secondary N) is 1. The van der Waals surface area contributed by atoms with Gasteiger partial charge in [0.1, 0.15) is 0 Å². The third-order valence-electron chi connectivity index (χ3n) is 3.38. The Labute approximate surface area is 119 Å².